The van der Waals surface area contributed by atoms with E-state index >= 15 is 0 Å². The molecule has 0 aliphatic heterocycles. The fraction of sp³-hybridized carbons (Fsp3) is 0.800. The van der Waals surface area contributed by atoms with Crippen LogP contribution in [0.15, 0.2) is 0 Å². The third kappa shape index (κ3) is 13.9. The molecular weight excluding hydrogens is 226 g/mol. The molecule has 4 nitrogen and oxygen atoms in total. The maximum absolute atomic E-state index is 11.2. The fourth-order valence-corrected chi connectivity index (χ4v) is 1.28. The van der Waals surface area contributed by atoms with Crippen molar-refractivity contribution in [2.75, 3.05) is 0 Å². The Morgan fingerprint density at radius 2 is 1.38 bits per heavy atom. The number of aliphatic carboxylic acids is 1. The van der Waals surface area contributed by atoms with Crippen LogP contribution in [0.25, 0.3) is 0 Å². The summed E-state index contributed by atoms with van der Waals surface area (Å²) in [5, 5.41) is 10.0. The van der Waals surface area contributed by atoms with Crippen LogP contribution in [0.4, 0.5) is 4.53 Å². The number of carboxylic acids is 1. The van der Waals surface area contributed by atoms with Crippen LogP contribution in [-0.4, -0.2) is 11.9 Å². The van der Waals surface area contributed by atoms with Crippen LogP contribution in [-0.2, 0) is 14.5 Å². The van der Waals surface area contributed by atoms with Gasteiger partial charge in [-0.25, -0.2) is 4.79 Å². The second kappa shape index (κ2) is 12.9. The van der Waals surface area contributed by atoms with E-state index in [9.17, 15) is 19.2 Å². The Balaban J connectivity index is 0. The Morgan fingerprint density at radius 3 is 1.81 bits per heavy atom. The molecule has 0 spiro atoms. The smallest absolute Gasteiger partial charge is 0.550 e. The summed E-state index contributed by atoms with van der Waals surface area (Å²) in [6.07, 6.45) is 4.99. The fourth-order valence-electron chi connectivity index (χ4n) is 1.28. The molecule has 0 saturated carbocycles. The molecule has 0 atom stereocenters. The van der Waals surface area contributed by atoms with Crippen molar-refractivity contribution in [2.24, 2.45) is 0 Å². The third-order valence-corrected chi connectivity index (χ3v) is 2.10. The van der Waals surface area contributed by atoms with Gasteiger partial charge in [0, 0.05) is 16.9 Å². The molecule has 0 N–H and O–H groups in total. The van der Waals surface area contributed by atoms with Gasteiger partial charge in [0.2, 0.25) is 0 Å². The summed E-state index contributed by atoms with van der Waals surface area (Å²) in [6.45, 7) is 0. The summed E-state index contributed by atoms with van der Waals surface area (Å²) in [7, 11) is 0. The van der Waals surface area contributed by atoms with Gasteiger partial charge in [-0.1, -0.05) is 25.7 Å². The Hall–Kier alpha value is -0.130. The Bertz CT molecular complexity index is 199. The molecule has 0 rings (SSSR count). The first kappa shape index (κ1) is 18.2. The van der Waals surface area contributed by atoms with E-state index in [1.165, 1.54) is 0 Å². The van der Waals surface area contributed by atoms with Crippen LogP contribution < -0.4 is 34.7 Å². The molecule has 0 unspecified atom stereocenters. The van der Waals surface area contributed by atoms with Gasteiger partial charge >= 0.3 is 35.5 Å². The van der Waals surface area contributed by atoms with Crippen molar-refractivity contribution in [2.45, 2.75) is 51.4 Å². The molecule has 0 aliphatic rings. The SMILES string of the molecule is O=C([O-])CCCCCCCCC(=O)OF.[Na+]. The number of carbonyl (C=O) groups excluding carboxylic acids is 2. The summed E-state index contributed by atoms with van der Waals surface area (Å²) in [4.78, 5) is 23.4. The Labute approximate surface area is 117 Å². The minimum absolute atomic E-state index is 0. The zero-order chi connectivity index (χ0) is 11.5. The molecule has 88 valence electrons. The molecule has 0 aromatic carbocycles. The van der Waals surface area contributed by atoms with Gasteiger partial charge in [0.05, 0.1) is 0 Å². The topological polar surface area (TPSA) is 66.4 Å². The maximum Gasteiger partial charge on any atom is 1.00 e. The van der Waals surface area contributed by atoms with E-state index in [0.717, 1.165) is 25.7 Å². The minimum atomic E-state index is -1.01. The van der Waals surface area contributed by atoms with Gasteiger partial charge in [-0.3, -0.25) is 4.94 Å². The van der Waals surface area contributed by atoms with Crippen LogP contribution in [0, 0.1) is 0 Å². The van der Waals surface area contributed by atoms with E-state index in [2.05, 4.69) is 4.94 Å². The van der Waals surface area contributed by atoms with Crippen molar-refractivity contribution in [3.8, 4) is 0 Å². The van der Waals surface area contributed by atoms with Crippen molar-refractivity contribution < 1.29 is 53.7 Å². The average molecular weight is 242 g/mol. The van der Waals surface area contributed by atoms with Crippen molar-refractivity contribution in [3.05, 3.63) is 0 Å². The first-order chi connectivity index (χ1) is 7.16. The maximum atomic E-state index is 11.2. The van der Waals surface area contributed by atoms with Crippen molar-refractivity contribution >= 4 is 11.9 Å². The van der Waals surface area contributed by atoms with Gasteiger partial charge in [-0.15, -0.1) is 0 Å². The van der Waals surface area contributed by atoms with Crippen LogP contribution in [0.3, 0.4) is 0 Å². The largest absolute Gasteiger partial charge is 1.00 e. The number of hydrogen-bond donors (Lipinski definition) is 0. The minimum Gasteiger partial charge on any atom is -0.550 e. The summed E-state index contributed by atoms with van der Waals surface area (Å²) in [5.74, 6) is -1.84. The Morgan fingerprint density at radius 1 is 0.938 bits per heavy atom. The molecular formula is C10H16FNaO4. The monoisotopic (exact) mass is 242 g/mol. The van der Waals surface area contributed by atoms with Crippen molar-refractivity contribution in [3.63, 3.8) is 0 Å². The summed E-state index contributed by atoms with van der Waals surface area (Å²) in [5.41, 5.74) is 0. The molecule has 0 heterocycles. The molecule has 0 fully saturated rings. The van der Waals surface area contributed by atoms with Gasteiger partial charge < -0.3 is 9.90 Å². The summed E-state index contributed by atoms with van der Waals surface area (Å²) in [6, 6.07) is 0. The number of rotatable bonds is 9. The zero-order valence-electron chi connectivity index (χ0n) is 9.67. The van der Waals surface area contributed by atoms with Gasteiger partial charge in [0.25, 0.3) is 0 Å². The van der Waals surface area contributed by atoms with E-state index in [4.69, 9.17) is 0 Å². The van der Waals surface area contributed by atoms with Gasteiger partial charge in [0.1, 0.15) is 0 Å². The van der Waals surface area contributed by atoms with Gasteiger partial charge in [0.15, 0.2) is 0 Å². The predicted octanol–water partition coefficient (Wildman–Crippen LogP) is -1.71. The van der Waals surface area contributed by atoms with E-state index < -0.39 is 11.9 Å². The summed E-state index contributed by atoms with van der Waals surface area (Å²) < 4.78 is 11.2. The first-order valence-electron chi connectivity index (χ1n) is 5.18. The second-order valence-electron chi connectivity index (χ2n) is 3.44. The van der Waals surface area contributed by atoms with Crippen LogP contribution in [0.2, 0.25) is 0 Å². The normalized spacial score (nSPS) is 9.31. The third-order valence-electron chi connectivity index (χ3n) is 2.10. The molecule has 0 amide bonds. The zero-order valence-corrected chi connectivity index (χ0v) is 11.7. The van der Waals surface area contributed by atoms with E-state index in [1.807, 2.05) is 0 Å². The van der Waals surface area contributed by atoms with Crippen LogP contribution in [0.5, 0.6) is 0 Å². The van der Waals surface area contributed by atoms with Crippen LogP contribution >= 0.6 is 0 Å². The molecule has 16 heavy (non-hydrogen) atoms. The quantitative estimate of drug-likeness (QED) is 0.356. The van der Waals surface area contributed by atoms with Crippen LogP contribution in [0.1, 0.15) is 51.4 Å². The average Bonchev–Trinajstić information content (AvgIpc) is 2.21. The first-order valence-corrected chi connectivity index (χ1v) is 5.18. The number of halogens is 1. The summed E-state index contributed by atoms with van der Waals surface area (Å²) >= 11 is 0. The molecule has 0 aliphatic carbocycles. The predicted molar refractivity (Wildman–Crippen MR) is 49.1 cm³/mol. The Kier molecular flexibility index (Phi) is 14.7. The molecule has 6 heteroatoms. The van der Waals surface area contributed by atoms with E-state index in [1.54, 1.807) is 0 Å². The van der Waals surface area contributed by atoms with Crippen molar-refractivity contribution in [1.82, 2.24) is 0 Å². The van der Waals surface area contributed by atoms with Gasteiger partial charge in [-0.05, 0) is 19.3 Å². The molecule has 0 aromatic rings. The molecule has 0 aromatic heterocycles. The molecule has 0 saturated heterocycles. The number of carbonyl (C=O) groups is 2. The van der Waals surface area contributed by atoms with Gasteiger partial charge in [-0.2, -0.15) is 0 Å². The van der Waals surface area contributed by atoms with E-state index in [-0.39, 0.29) is 42.4 Å². The number of carboxylic acid groups (broad SMARTS) is 1. The standard InChI is InChI=1S/C10H17FO4.Na/c11-15-10(14)8-6-4-2-1-3-5-7-9(12)13;/h1-8H2,(H,12,13);/q;+1/p-1. The van der Waals surface area contributed by atoms with Crippen molar-refractivity contribution in [1.29, 1.82) is 0 Å². The van der Waals surface area contributed by atoms with E-state index in [0.29, 0.717) is 12.8 Å². The second-order valence-corrected chi connectivity index (χ2v) is 3.44. The number of unbranched alkanes of at least 4 members (excludes halogenated alkanes) is 5. The molecule has 0 bridgehead atoms. The number of hydrogen-bond acceptors (Lipinski definition) is 4. The molecule has 0 radical (unpaired) electrons.